The van der Waals surface area contributed by atoms with E-state index in [1.54, 1.807) is 51.7 Å². The molecule has 1 spiro atoms. The van der Waals surface area contributed by atoms with Crippen LogP contribution >= 0.6 is 0 Å². The summed E-state index contributed by atoms with van der Waals surface area (Å²) in [5.74, 6) is -2.96. The van der Waals surface area contributed by atoms with E-state index >= 15 is 0 Å². The van der Waals surface area contributed by atoms with Crippen molar-refractivity contribution in [3.05, 3.63) is 35.9 Å². The maximum atomic E-state index is 13.5. The quantitative estimate of drug-likeness (QED) is 0.311. The fraction of sp³-hybridized carbons (Fsp3) is 0.774. The highest BCUT2D eigenvalue weighted by Crippen LogP contribution is 2.80. The average molecular weight is 590 g/mol. The number of fused-ring (bicyclic) bond motifs is 2. The van der Waals surface area contributed by atoms with Gasteiger partial charge < -0.3 is 49.0 Å². The molecule has 5 aliphatic carbocycles. The molecule has 3 unspecified atom stereocenters. The van der Waals surface area contributed by atoms with Crippen LogP contribution in [0.4, 0.5) is 0 Å². The van der Waals surface area contributed by atoms with Crippen LogP contribution in [0.15, 0.2) is 30.3 Å². The summed E-state index contributed by atoms with van der Waals surface area (Å²) in [7, 11) is 8.22. The summed E-state index contributed by atoms with van der Waals surface area (Å²) in [6, 6.07) is 8.22. The minimum absolute atomic E-state index is 0.102. The first kappa shape index (κ1) is 29.1. The highest BCUT2D eigenvalue weighted by atomic mass is 16.6. The molecule has 0 radical (unpaired) electrons. The van der Waals surface area contributed by atoms with Crippen LogP contribution < -0.4 is 0 Å². The van der Waals surface area contributed by atoms with Crippen LogP contribution in [-0.4, -0.2) is 134 Å². The normalized spacial score (nSPS) is 53.7. The van der Waals surface area contributed by atoms with E-state index in [1.165, 1.54) is 7.11 Å². The predicted molar refractivity (Wildman–Crippen MR) is 146 cm³/mol. The van der Waals surface area contributed by atoms with Crippen molar-refractivity contribution < 1.29 is 48.9 Å². The van der Waals surface area contributed by atoms with Crippen LogP contribution in [0.2, 0.25) is 0 Å². The molecular weight excluding hydrogens is 546 g/mol. The van der Waals surface area contributed by atoms with Gasteiger partial charge in [-0.1, -0.05) is 18.2 Å². The summed E-state index contributed by atoms with van der Waals surface area (Å²) in [5.41, 5.74) is -4.81. The third-order valence-corrected chi connectivity index (χ3v) is 12.6. The molecule has 11 heteroatoms. The van der Waals surface area contributed by atoms with Crippen molar-refractivity contribution in [2.75, 3.05) is 48.6 Å². The number of aliphatic hydroxyl groups excluding tert-OH is 2. The first-order valence-electron chi connectivity index (χ1n) is 14.9. The number of benzene rings is 1. The molecule has 0 aromatic heterocycles. The lowest BCUT2D eigenvalue weighted by atomic mass is 9.42. The van der Waals surface area contributed by atoms with Crippen LogP contribution in [0.1, 0.15) is 23.2 Å². The molecule has 15 atom stereocenters. The molecule has 6 aliphatic rings. The monoisotopic (exact) mass is 589 g/mol. The van der Waals surface area contributed by atoms with E-state index < -0.39 is 82.4 Å². The molecule has 6 fully saturated rings. The second kappa shape index (κ2) is 9.42. The van der Waals surface area contributed by atoms with Gasteiger partial charge in [-0.3, -0.25) is 0 Å². The summed E-state index contributed by atoms with van der Waals surface area (Å²) in [6.07, 6.45) is -5.28. The summed E-state index contributed by atoms with van der Waals surface area (Å²) in [6.45, 7) is 0.760. The SMILES string of the molecule is COC[C@]12CN(C)C3C4[C@H](OC)[C@H]1C3([C@@H](OC)C[C@H]2O)[C@@H]1C[C@@]2(O)[C@H](OC(=O)c3ccccc3)[C@@H]1[C@]4(O)[C@@H](O)[C@@H]2OC. The van der Waals surface area contributed by atoms with Gasteiger partial charge in [-0.2, -0.15) is 0 Å². The Kier molecular flexibility index (Phi) is 6.52. The van der Waals surface area contributed by atoms with E-state index in [4.69, 9.17) is 23.7 Å². The summed E-state index contributed by atoms with van der Waals surface area (Å²) in [5, 5.41) is 49.4. The highest BCUT2D eigenvalue weighted by molar-refractivity contribution is 5.89. The van der Waals surface area contributed by atoms with Crippen molar-refractivity contribution in [3.8, 4) is 0 Å². The predicted octanol–water partition coefficient (Wildman–Crippen LogP) is -0.313. The maximum Gasteiger partial charge on any atom is 0.338 e. The van der Waals surface area contributed by atoms with Gasteiger partial charge in [0, 0.05) is 76.0 Å². The first-order chi connectivity index (χ1) is 20.0. The van der Waals surface area contributed by atoms with Crippen molar-refractivity contribution in [1.82, 2.24) is 4.90 Å². The van der Waals surface area contributed by atoms with Crippen molar-refractivity contribution in [2.45, 2.75) is 66.7 Å². The Labute approximate surface area is 245 Å². The number of nitrogens with zero attached hydrogens (tertiary/aromatic N) is 1. The van der Waals surface area contributed by atoms with Crippen molar-refractivity contribution in [3.63, 3.8) is 0 Å². The molecule has 0 amide bonds. The Balaban J connectivity index is 1.47. The van der Waals surface area contributed by atoms with Crippen molar-refractivity contribution in [1.29, 1.82) is 0 Å². The summed E-state index contributed by atoms with van der Waals surface area (Å²) < 4.78 is 30.3. The molecule has 1 heterocycles. The van der Waals surface area contributed by atoms with Gasteiger partial charge in [0.2, 0.25) is 0 Å². The van der Waals surface area contributed by atoms with E-state index in [-0.39, 0.29) is 25.0 Å². The van der Waals surface area contributed by atoms with E-state index in [2.05, 4.69) is 4.90 Å². The van der Waals surface area contributed by atoms with Gasteiger partial charge in [-0.05, 0) is 31.5 Å². The van der Waals surface area contributed by atoms with Gasteiger partial charge in [0.05, 0.1) is 30.5 Å². The third-order valence-electron chi connectivity index (χ3n) is 12.6. The Hall–Kier alpha value is -1.67. The van der Waals surface area contributed by atoms with Crippen LogP contribution in [0.25, 0.3) is 0 Å². The number of hydrogen-bond acceptors (Lipinski definition) is 11. The van der Waals surface area contributed by atoms with Crippen LogP contribution in [-0.2, 0) is 23.7 Å². The fourth-order valence-corrected chi connectivity index (χ4v) is 11.8. The Morgan fingerprint density at radius 2 is 1.71 bits per heavy atom. The molecular formula is C31H43NO10. The largest absolute Gasteiger partial charge is 0.455 e. The Bertz CT molecular complexity index is 1240. The zero-order valence-corrected chi connectivity index (χ0v) is 24.8. The molecule has 5 saturated carbocycles. The molecule has 7 bridgehead atoms. The van der Waals surface area contributed by atoms with E-state index in [0.29, 0.717) is 18.5 Å². The molecule has 11 nitrogen and oxygen atoms in total. The van der Waals surface area contributed by atoms with Crippen molar-refractivity contribution >= 4 is 5.97 Å². The molecule has 232 valence electrons. The van der Waals surface area contributed by atoms with Gasteiger partial charge in [0.1, 0.15) is 29.5 Å². The zero-order chi connectivity index (χ0) is 30.0. The minimum Gasteiger partial charge on any atom is -0.455 e. The smallest absolute Gasteiger partial charge is 0.338 e. The minimum atomic E-state index is -1.86. The molecule has 1 aromatic rings. The zero-order valence-electron chi connectivity index (χ0n) is 24.8. The molecule has 4 N–H and O–H groups in total. The fourth-order valence-electron chi connectivity index (χ4n) is 11.8. The standard InChI is InChI=1S/C31H43NO10/c1-32-13-28(14-38-2)17(33)11-18(39-3)30-16-12-29(36)25(42-27(35)15-9-7-6-8-10-15)19(16)31(37,24(34)26(29)41-5)20(23(30)32)21(40-4)22(28)30/h6-10,16-26,33-34,36-37H,11-14H2,1-5H3/t16-,17-,18+,19-,20?,21+,22-,23?,24+,25-,26+,28+,29-,30?,31-/m1/s1. The Morgan fingerprint density at radius 3 is 2.33 bits per heavy atom. The number of likely N-dealkylation sites (tertiary alicyclic amines) is 1. The molecule has 42 heavy (non-hydrogen) atoms. The number of carbonyl (C=O) groups excluding carboxylic acids is 1. The number of ether oxygens (including phenoxy) is 5. The molecule has 1 aromatic carbocycles. The lowest BCUT2D eigenvalue weighted by Gasteiger charge is -2.69. The van der Waals surface area contributed by atoms with Crippen LogP contribution in [0, 0.1) is 34.5 Å². The number of carbonyl (C=O) groups is 1. The van der Waals surface area contributed by atoms with Gasteiger partial charge in [0.15, 0.2) is 0 Å². The van der Waals surface area contributed by atoms with Crippen LogP contribution in [0.3, 0.4) is 0 Å². The average Bonchev–Trinajstić information content (AvgIpc) is 3.37. The van der Waals surface area contributed by atoms with Crippen molar-refractivity contribution in [2.24, 2.45) is 34.5 Å². The number of rotatable bonds is 7. The van der Waals surface area contributed by atoms with E-state index in [1.807, 2.05) is 7.05 Å². The van der Waals surface area contributed by atoms with Gasteiger partial charge in [-0.25, -0.2) is 4.79 Å². The molecule has 7 rings (SSSR count). The van der Waals surface area contributed by atoms with Gasteiger partial charge in [-0.15, -0.1) is 0 Å². The molecule has 1 aliphatic heterocycles. The summed E-state index contributed by atoms with van der Waals surface area (Å²) in [4.78, 5) is 15.7. The van der Waals surface area contributed by atoms with Gasteiger partial charge in [0.25, 0.3) is 0 Å². The molecule has 1 saturated heterocycles. The maximum absolute atomic E-state index is 13.5. The number of aliphatic hydroxyl groups is 4. The topological polar surface area (TPSA) is 147 Å². The number of esters is 1. The number of methoxy groups -OCH3 is 4. The summed E-state index contributed by atoms with van der Waals surface area (Å²) >= 11 is 0. The highest BCUT2D eigenvalue weighted by Gasteiger charge is 2.91. The third kappa shape index (κ3) is 3.05. The lowest BCUT2D eigenvalue weighted by molar-refractivity contribution is -0.318. The second-order valence-electron chi connectivity index (χ2n) is 13.7. The first-order valence-corrected chi connectivity index (χ1v) is 14.9. The van der Waals surface area contributed by atoms with E-state index in [9.17, 15) is 25.2 Å². The van der Waals surface area contributed by atoms with Gasteiger partial charge >= 0.3 is 5.97 Å². The number of hydrogen-bond donors (Lipinski definition) is 4. The second-order valence-corrected chi connectivity index (χ2v) is 13.7. The van der Waals surface area contributed by atoms with E-state index in [0.717, 1.165) is 0 Å². The van der Waals surface area contributed by atoms with Crippen LogP contribution in [0.5, 0.6) is 0 Å². The number of piperidine rings is 1. The lowest BCUT2D eigenvalue weighted by Crippen LogP contribution is -2.80. The Morgan fingerprint density at radius 1 is 1.00 bits per heavy atom.